The van der Waals surface area contributed by atoms with Crippen molar-refractivity contribution in [3.05, 3.63) is 42.1 Å². The number of aromatic nitrogens is 1. The van der Waals surface area contributed by atoms with Crippen LogP contribution in [0, 0.1) is 0 Å². The summed E-state index contributed by atoms with van der Waals surface area (Å²) < 4.78 is 16.1. The Balaban J connectivity index is 1.81. The zero-order valence-corrected chi connectivity index (χ0v) is 15.9. The summed E-state index contributed by atoms with van der Waals surface area (Å²) in [5.74, 6) is -0.0757. The average Bonchev–Trinajstić information content (AvgIpc) is 2.67. The Labute approximate surface area is 158 Å². The number of hydrogen-bond donors (Lipinski definition) is 0. The SMILES string of the molecule is CC(C)(C)OC(=O)N1CCN(C(=O)C2=COCCO2)C(c2cccnc2)C1. The lowest BCUT2D eigenvalue weighted by molar-refractivity contribution is -0.137. The van der Waals surface area contributed by atoms with Crippen molar-refractivity contribution in [1.29, 1.82) is 0 Å². The summed E-state index contributed by atoms with van der Waals surface area (Å²) in [6.07, 6.45) is 4.34. The van der Waals surface area contributed by atoms with Gasteiger partial charge in [0.1, 0.15) is 25.1 Å². The average molecular weight is 375 g/mol. The van der Waals surface area contributed by atoms with Crippen molar-refractivity contribution < 1.29 is 23.8 Å². The van der Waals surface area contributed by atoms with E-state index in [4.69, 9.17) is 14.2 Å². The van der Waals surface area contributed by atoms with Crippen LogP contribution in [0.2, 0.25) is 0 Å². The van der Waals surface area contributed by atoms with E-state index in [0.717, 1.165) is 5.56 Å². The highest BCUT2D eigenvalue weighted by Crippen LogP contribution is 2.28. The second kappa shape index (κ2) is 7.85. The Morgan fingerprint density at radius 1 is 1.26 bits per heavy atom. The van der Waals surface area contributed by atoms with Gasteiger partial charge in [0.05, 0.1) is 6.04 Å². The minimum absolute atomic E-state index is 0.181. The Morgan fingerprint density at radius 3 is 2.70 bits per heavy atom. The second-order valence-electron chi connectivity index (χ2n) is 7.43. The van der Waals surface area contributed by atoms with Gasteiger partial charge >= 0.3 is 6.09 Å². The molecule has 0 spiro atoms. The molecular weight excluding hydrogens is 350 g/mol. The zero-order valence-electron chi connectivity index (χ0n) is 15.9. The number of nitrogens with zero attached hydrogens (tertiary/aromatic N) is 3. The fourth-order valence-electron chi connectivity index (χ4n) is 3.00. The van der Waals surface area contributed by atoms with Gasteiger partial charge < -0.3 is 24.0 Å². The van der Waals surface area contributed by atoms with E-state index in [1.165, 1.54) is 6.26 Å². The highest BCUT2D eigenvalue weighted by Gasteiger charge is 2.37. The van der Waals surface area contributed by atoms with Crippen LogP contribution in [-0.2, 0) is 19.0 Å². The molecule has 0 saturated carbocycles. The van der Waals surface area contributed by atoms with Crippen LogP contribution in [0.1, 0.15) is 32.4 Å². The summed E-state index contributed by atoms with van der Waals surface area (Å²) in [5, 5.41) is 0. The molecule has 2 aliphatic heterocycles. The molecule has 0 aromatic carbocycles. The minimum atomic E-state index is -0.577. The topological polar surface area (TPSA) is 81.2 Å². The number of rotatable bonds is 2. The maximum atomic E-state index is 12.9. The van der Waals surface area contributed by atoms with Gasteiger partial charge in [0, 0.05) is 32.0 Å². The lowest BCUT2D eigenvalue weighted by atomic mass is 10.0. The molecule has 0 aliphatic carbocycles. The molecule has 3 heterocycles. The van der Waals surface area contributed by atoms with Crippen molar-refractivity contribution in [3.63, 3.8) is 0 Å². The highest BCUT2D eigenvalue weighted by atomic mass is 16.6. The monoisotopic (exact) mass is 375 g/mol. The van der Waals surface area contributed by atoms with Crippen LogP contribution in [-0.4, -0.2) is 65.2 Å². The van der Waals surface area contributed by atoms with E-state index in [1.807, 2.05) is 32.9 Å². The number of carbonyl (C=O) groups is 2. The van der Waals surface area contributed by atoms with Gasteiger partial charge in [-0.1, -0.05) is 6.07 Å². The predicted octanol–water partition coefficient (Wildman–Crippen LogP) is 2.09. The number of ether oxygens (including phenoxy) is 3. The van der Waals surface area contributed by atoms with Crippen LogP contribution in [0.4, 0.5) is 4.79 Å². The third kappa shape index (κ3) is 4.69. The molecule has 1 atom stereocenters. The molecule has 8 nitrogen and oxygen atoms in total. The second-order valence-corrected chi connectivity index (χ2v) is 7.43. The predicted molar refractivity (Wildman–Crippen MR) is 96.5 cm³/mol. The first-order chi connectivity index (χ1) is 12.8. The van der Waals surface area contributed by atoms with Crippen molar-refractivity contribution in [1.82, 2.24) is 14.8 Å². The van der Waals surface area contributed by atoms with E-state index >= 15 is 0 Å². The van der Waals surface area contributed by atoms with Crippen LogP contribution in [0.15, 0.2) is 36.5 Å². The molecule has 1 aromatic heterocycles. The quantitative estimate of drug-likeness (QED) is 0.787. The lowest BCUT2D eigenvalue weighted by Gasteiger charge is -2.41. The van der Waals surface area contributed by atoms with Crippen molar-refractivity contribution in [3.8, 4) is 0 Å². The number of amides is 2. The molecule has 0 N–H and O–H groups in total. The molecular formula is C19H25N3O5. The highest BCUT2D eigenvalue weighted by molar-refractivity contribution is 5.92. The van der Waals surface area contributed by atoms with Gasteiger partial charge in [-0.2, -0.15) is 0 Å². The Morgan fingerprint density at radius 2 is 2.07 bits per heavy atom. The first-order valence-corrected chi connectivity index (χ1v) is 8.98. The third-order valence-electron chi connectivity index (χ3n) is 4.22. The number of carbonyl (C=O) groups excluding carboxylic acids is 2. The molecule has 146 valence electrons. The fraction of sp³-hybridized carbons (Fsp3) is 0.526. The Kier molecular flexibility index (Phi) is 5.53. The van der Waals surface area contributed by atoms with E-state index in [0.29, 0.717) is 32.8 Å². The summed E-state index contributed by atoms with van der Waals surface area (Å²) in [6, 6.07) is 3.35. The van der Waals surface area contributed by atoms with Crippen LogP contribution >= 0.6 is 0 Å². The Bertz CT molecular complexity index is 714. The molecule has 0 bridgehead atoms. The van der Waals surface area contributed by atoms with Crippen molar-refractivity contribution >= 4 is 12.0 Å². The molecule has 1 unspecified atom stereocenters. The first kappa shape index (κ1) is 19.0. The normalized spacial score (nSPS) is 20.3. The number of pyridine rings is 1. The molecule has 27 heavy (non-hydrogen) atoms. The molecule has 0 radical (unpaired) electrons. The molecule has 1 saturated heterocycles. The van der Waals surface area contributed by atoms with E-state index in [9.17, 15) is 9.59 Å². The van der Waals surface area contributed by atoms with Crippen LogP contribution in [0.25, 0.3) is 0 Å². The van der Waals surface area contributed by atoms with E-state index in [2.05, 4.69) is 4.98 Å². The molecule has 2 amide bonds. The molecule has 2 aliphatic rings. The lowest BCUT2D eigenvalue weighted by Crippen LogP contribution is -2.53. The summed E-state index contributed by atoms with van der Waals surface area (Å²) in [6.45, 7) is 7.31. The van der Waals surface area contributed by atoms with Gasteiger partial charge in [0.2, 0.25) is 5.76 Å². The summed E-state index contributed by atoms with van der Waals surface area (Å²) in [7, 11) is 0. The maximum Gasteiger partial charge on any atom is 0.410 e. The third-order valence-corrected chi connectivity index (χ3v) is 4.22. The largest absolute Gasteiger partial charge is 0.494 e. The summed E-state index contributed by atoms with van der Waals surface area (Å²) in [4.78, 5) is 32.9. The van der Waals surface area contributed by atoms with Crippen molar-refractivity contribution in [2.24, 2.45) is 0 Å². The van der Waals surface area contributed by atoms with Gasteiger partial charge in [-0.05, 0) is 32.4 Å². The van der Waals surface area contributed by atoms with E-state index in [-0.39, 0.29) is 23.8 Å². The molecule has 1 aromatic rings. The van der Waals surface area contributed by atoms with Crippen LogP contribution < -0.4 is 0 Å². The molecule has 8 heteroatoms. The van der Waals surface area contributed by atoms with Gasteiger partial charge in [-0.15, -0.1) is 0 Å². The number of hydrogen-bond acceptors (Lipinski definition) is 6. The van der Waals surface area contributed by atoms with Crippen LogP contribution in [0.3, 0.4) is 0 Å². The van der Waals surface area contributed by atoms with Gasteiger partial charge in [0.15, 0.2) is 0 Å². The summed E-state index contributed by atoms with van der Waals surface area (Å²) >= 11 is 0. The van der Waals surface area contributed by atoms with E-state index in [1.54, 1.807) is 22.2 Å². The van der Waals surface area contributed by atoms with Gasteiger partial charge in [0.25, 0.3) is 5.91 Å². The minimum Gasteiger partial charge on any atom is -0.494 e. The Hall–Kier alpha value is -2.77. The standard InChI is InChI=1S/C19H25N3O5/c1-19(2,3)27-18(24)21-7-8-22(17(23)16-13-25-9-10-26-16)15(12-21)14-5-4-6-20-11-14/h4-6,11,13,15H,7-10,12H2,1-3H3. The number of piperazine rings is 1. The first-order valence-electron chi connectivity index (χ1n) is 8.98. The van der Waals surface area contributed by atoms with Gasteiger partial charge in [-0.3, -0.25) is 9.78 Å². The van der Waals surface area contributed by atoms with Gasteiger partial charge in [-0.25, -0.2) is 4.79 Å². The van der Waals surface area contributed by atoms with Crippen molar-refractivity contribution in [2.75, 3.05) is 32.8 Å². The fourth-order valence-corrected chi connectivity index (χ4v) is 3.00. The summed E-state index contributed by atoms with van der Waals surface area (Å²) in [5.41, 5.74) is 0.266. The smallest absolute Gasteiger partial charge is 0.410 e. The maximum absolute atomic E-state index is 12.9. The van der Waals surface area contributed by atoms with E-state index < -0.39 is 5.60 Å². The zero-order chi connectivity index (χ0) is 19.4. The molecule has 1 fully saturated rings. The van der Waals surface area contributed by atoms with Crippen LogP contribution in [0.5, 0.6) is 0 Å². The van der Waals surface area contributed by atoms with Crippen molar-refractivity contribution in [2.45, 2.75) is 32.4 Å². The molecule has 3 rings (SSSR count).